The maximum atomic E-state index is 12.9. The van der Waals surface area contributed by atoms with Crippen molar-refractivity contribution in [1.82, 2.24) is 10.2 Å². The van der Waals surface area contributed by atoms with Gasteiger partial charge in [-0.2, -0.15) is 0 Å². The van der Waals surface area contributed by atoms with Gasteiger partial charge in [-0.15, -0.1) is 0 Å². The molecule has 6 nitrogen and oxygen atoms in total. The van der Waals surface area contributed by atoms with Gasteiger partial charge >= 0.3 is 11.7 Å². The van der Waals surface area contributed by atoms with Crippen LogP contribution in [-0.4, -0.2) is 22.4 Å². The van der Waals surface area contributed by atoms with Crippen LogP contribution in [0, 0.1) is 19.8 Å². The molecule has 1 fully saturated rings. The molecule has 1 N–H and O–H groups in total. The maximum absolute atomic E-state index is 12.9. The Morgan fingerprint density at radius 2 is 1.89 bits per heavy atom. The van der Waals surface area contributed by atoms with E-state index in [1.807, 2.05) is 26.0 Å². The zero-order chi connectivity index (χ0) is 19.9. The summed E-state index contributed by atoms with van der Waals surface area (Å²) in [6.07, 6.45) is 1.43. The van der Waals surface area contributed by atoms with Gasteiger partial charge in [0.25, 0.3) is 5.91 Å². The van der Waals surface area contributed by atoms with Crippen molar-refractivity contribution in [3.63, 3.8) is 0 Å². The molecule has 2 aromatic rings. The van der Waals surface area contributed by atoms with Crippen molar-refractivity contribution in [2.75, 3.05) is 0 Å². The zero-order valence-corrected chi connectivity index (χ0v) is 16.5. The fourth-order valence-corrected chi connectivity index (χ4v) is 3.46. The van der Waals surface area contributed by atoms with Crippen molar-refractivity contribution in [3.05, 3.63) is 45.3 Å². The number of fused-ring (bicyclic) bond motifs is 1. The first-order chi connectivity index (χ1) is 12.6. The van der Waals surface area contributed by atoms with Crippen molar-refractivity contribution in [3.8, 4) is 0 Å². The van der Waals surface area contributed by atoms with Crippen LogP contribution in [0.5, 0.6) is 0 Å². The number of carbonyl (C=O) groups is 2. The minimum absolute atomic E-state index is 0.0482. The molecule has 0 aliphatic carbocycles. The van der Waals surface area contributed by atoms with E-state index in [-0.39, 0.29) is 12.5 Å². The van der Waals surface area contributed by atoms with E-state index < -0.39 is 17.2 Å². The molecule has 0 spiro atoms. The van der Waals surface area contributed by atoms with Crippen LogP contribution in [0.15, 0.2) is 27.4 Å². The topological polar surface area (TPSA) is 79.6 Å². The lowest BCUT2D eigenvalue weighted by Gasteiger charge is -2.22. The van der Waals surface area contributed by atoms with Crippen LogP contribution >= 0.6 is 0 Å². The lowest BCUT2D eigenvalue weighted by molar-refractivity contribution is -0.131. The summed E-state index contributed by atoms with van der Waals surface area (Å²) in [4.78, 5) is 38.7. The van der Waals surface area contributed by atoms with Gasteiger partial charge in [0.15, 0.2) is 0 Å². The van der Waals surface area contributed by atoms with Gasteiger partial charge in [-0.3, -0.25) is 9.69 Å². The van der Waals surface area contributed by atoms with Gasteiger partial charge < -0.3 is 9.73 Å². The molecule has 1 aromatic heterocycles. The summed E-state index contributed by atoms with van der Waals surface area (Å²) in [6, 6.07) is 4.75. The molecule has 3 amide bonds. The summed E-state index contributed by atoms with van der Waals surface area (Å²) in [6.45, 7) is 9.82. The molecule has 1 saturated heterocycles. The van der Waals surface area contributed by atoms with E-state index in [4.69, 9.17) is 4.42 Å². The van der Waals surface area contributed by atoms with Crippen LogP contribution in [0.4, 0.5) is 4.79 Å². The van der Waals surface area contributed by atoms with Crippen LogP contribution in [0.1, 0.15) is 50.3 Å². The lowest BCUT2D eigenvalue weighted by atomic mass is 9.92. The third-order valence-electron chi connectivity index (χ3n) is 5.41. The predicted molar refractivity (Wildman–Crippen MR) is 104 cm³/mol. The normalized spacial score (nSPS) is 20.0. The molecule has 3 rings (SSSR count). The summed E-state index contributed by atoms with van der Waals surface area (Å²) in [5.74, 6) is 0.188. The highest BCUT2D eigenvalue weighted by molar-refractivity contribution is 6.06. The van der Waals surface area contributed by atoms with Gasteiger partial charge in [0.05, 0.1) is 6.54 Å². The molecule has 1 aliphatic heterocycles. The summed E-state index contributed by atoms with van der Waals surface area (Å²) in [7, 11) is 0. The molecular formula is C21H26N2O4. The van der Waals surface area contributed by atoms with Crippen LogP contribution < -0.4 is 10.9 Å². The van der Waals surface area contributed by atoms with Crippen LogP contribution in [0.3, 0.4) is 0 Å². The summed E-state index contributed by atoms with van der Waals surface area (Å²) < 4.78 is 5.38. The third-order valence-corrected chi connectivity index (χ3v) is 5.41. The van der Waals surface area contributed by atoms with E-state index in [1.54, 1.807) is 6.92 Å². The second-order valence-corrected chi connectivity index (χ2v) is 8.06. The quantitative estimate of drug-likeness (QED) is 0.643. The number of amides is 3. The first-order valence-corrected chi connectivity index (χ1v) is 9.29. The van der Waals surface area contributed by atoms with E-state index in [2.05, 4.69) is 19.2 Å². The molecule has 0 bridgehead atoms. The smallest absolute Gasteiger partial charge is 0.336 e. The number of rotatable bonds is 5. The van der Waals surface area contributed by atoms with Gasteiger partial charge in [0, 0.05) is 11.5 Å². The number of nitrogens with one attached hydrogen (secondary N) is 1. The number of urea groups is 1. The van der Waals surface area contributed by atoms with Gasteiger partial charge in [-0.25, -0.2) is 9.59 Å². The largest absolute Gasteiger partial charge is 0.422 e. The Kier molecular flexibility index (Phi) is 4.84. The van der Waals surface area contributed by atoms with Gasteiger partial charge in [-0.1, -0.05) is 26.0 Å². The minimum atomic E-state index is -0.900. The summed E-state index contributed by atoms with van der Waals surface area (Å²) in [5, 5.41) is 3.57. The monoisotopic (exact) mass is 370 g/mol. The number of hydrogen-bond acceptors (Lipinski definition) is 4. The second kappa shape index (κ2) is 6.83. The molecule has 144 valence electrons. The van der Waals surface area contributed by atoms with E-state index in [0.717, 1.165) is 22.9 Å². The molecule has 1 atom stereocenters. The summed E-state index contributed by atoms with van der Waals surface area (Å²) >= 11 is 0. The molecule has 2 heterocycles. The minimum Gasteiger partial charge on any atom is -0.422 e. The lowest BCUT2D eigenvalue weighted by Crippen LogP contribution is -2.44. The average Bonchev–Trinajstić information content (AvgIpc) is 2.80. The molecule has 1 unspecified atom stereocenters. The number of carbonyl (C=O) groups excluding carboxylic acids is 2. The first-order valence-electron chi connectivity index (χ1n) is 9.29. The number of nitrogens with zero attached hydrogens (tertiary/aromatic N) is 1. The van der Waals surface area contributed by atoms with Crippen LogP contribution in [0.25, 0.3) is 11.0 Å². The van der Waals surface area contributed by atoms with Gasteiger partial charge in [0.1, 0.15) is 11.1 Å². The van der Waals surface area contributed by atoms with E-state index in [1.165, 1.54) is 11.0 Å². The molecular weight excluding hydrogens is 344 g/mol. The highest BCUT2D eigenvalue weighted by Gasteiger charge is 2.47. The number of hydrogen-bond donors (Lipinski definition) is 1. The Bertz CT molecular complexity index is 976. The standard InChI is InChI=1S/C21H26N2O4/c1-12(2)8-9-21(5)19(25)23(20(26)22-21)11-15-10-17(24)27-18-14(4)13(3)6-7-16(15)18/h6-7,10,12H,8-9,11H2,1-5H3,(H,22,26). The maximum Gasteiger partial charge on any atom is 0.336 e. The SMILES string of the molecule is Cc1ccc2c(CN3C(=O)NC(C)(CCC(C)C)C3=O)cc(=O)oc2c1C. The predicted octanol–water partition coefficient (Wildman–Crippen LogP) is 3.66. The van der Waals surface area contributed by atoms with Crippen LogP contribution in [0.2, 0.25) is 0 Å². The van der Waals surface area contributed by atoms with E-state index in [9.17, 15) is 14.4 Å². The van der Waals surface area contributed by atoms with Crippen molar-refractivity contribution in [2.45, 2.75) is 59.5 Å². The Hall–Kier alpha value is -2.63. The second-order valence-electron chi connectivity index (χ2n) is 8.06. The molecule has 1 aromatic carbocycles. The van der Waals surface area contributed by atoms with Crippen LogP contribution in [-0.2, 0) is 11.3 Å². The molecule has 1 aliphatic rings. The van der Waals surface area contributed by atoms with Gasteiger partial charge in [0.2, 0.25) is 0 Å². The molecule has 0 radical (unpaired) electrons. The van der Waals surface area contributed by atoms with Crippen molar-refractivity contribution in [1.29, 1.82) is 0 Å². The summed E-state index contributed by atoms with van der Waals surface area (Å²) in [5.41, 5.74) is 1.63. The number of imide groups is 1. The highest BCUT2D eigenvalue weighted by Crippen LogP contribution is 2.28. The molecule has 6 heteroatoms. The third kappa shape index (κ3) is 3.48. The molecule has 27 heavy (non-hydrogen) atoms. The number of benzene rings is 1. The average molecular weight is 370 g/mol. The Morgan fingerprint density at radius 1 is 1.19 bits per heavy atom. The van der Waals surface area contributed by atoms with E-state index >= 15 is 0 Å². The molecule has 0 saturated carbocycles. The first kappa shape index (κ1) is 19.1. The van der Waals surface area contributed by atoms with E-state index in [0.29, 0.717) is 23.5 Å². The highest BCUT2D eigenvalue weighted by atomic mass is 16.4. The zero-order valence-electron chi connectivity index (χ0n) is 16.5. The van der Waals surface area contributed by atoms with Gasteiger partial charge in [-0.05, 0) is 56.2 Å². The van der Waals surface area contributed by atoms with Crippen molar-refractivity contribution in [2.24, 2.45) is 5.92 Å². The Labute approximate surface area is 158 Å². The fourth-order valence-electron chi connectivity index (χ4n) is 3.46. The van der Waals surface area contributed by atoms with Crippen molar-refractivity contribution >= 4 is 22.9 Å². The fraction of sp³-hybridized carbons (Fsp3) is 0.476. The number of aryl methyl sites for hydroxylation is 2. The van der Waals surface area contributed by atoms with Crippen molar-refractivity contribution < 1.29 is 14.0 Å². The Balaban J connectivity index is 1.96. The Morgan fingerprint density at radius 3 is 2.56 bits per heavy atom.